The van der Waals surface area contributed by atoms with Gasteiger partial charge >= 0.3 is 12.0 Å². The van der Waals surface area contributed by atoms with Crippen molar-refractivity contribution in [3.05, 3.63) is 34.9 Å². The molecule has 1 atom stereocenters. The van der Waals surface area contributed by atoms with Crippen LogP contribution in [-0.4, -0.2) is 36.8 Å². The van der Waals surface area contributed by atoms with Crippen LogP contribution in [0.4, 0.5) is 4.79 Å². The number of nitrogens with one attached hydrogen (secondary N) is 2. The van der Waals surface area contributed by atoms with Gasteiger partial charge in [-0.2, -0.15) is 0 Å². The Morgan fingerprint density at radius 2 is 1.74 bits per heavy atom. The van der Waals surface area contributed by atoms with Gasteiger partial charge in [0.2, 0.25) is 0 Å². The van der Waals surface area contributed by atoms with Crippen LogP contribution in [0.15, 0.2) is 24.3 Å². The highest BCUT2D eigenvalue weighted by Gasteiger charge is 2.20. The summed E-state index contributed by atoms with van der Waals surface area (Å²) in [5, 5.41) is 4.70. The standard InChI is InChI=1S/C15H17ClN2O5/c1-9(14(21)18-15(22)17-2)23-13(20)8-7-12(19)10-3-5-11(16)6-4-10/h3-6,9H,7-8H2,1-2H3,(H2,17,18,21,22). The van der Waals surface area contributed by atoms with Crippen LogP contribution in [0.25, 0.3) is 0 Å². The van der Waals surface area contributed by atoms with E-state index < -0.39 is 24.0 Å². The van der Waals surface area contributed by atoms with E-state index in [1.54, 1.807) is 24.3 Å². The van der Waals surface area contributed by atoms with Gasteiger partial charge in [0, 0.05) is 24.1 Å². The number of hydrogen-bond acceptors (Lipinski definition) is 5. The number of urea groups is 1. The average Bonchev–Trinajstić information content (AvgIpc) is 2.52. The quantitative estimate of drug-likeness (QED) is 0.606. The second-order valence-electron chi connectivity index (χ2n) is 4.63. The van der Waals surface area contributed by atoms with E-state index in [9.17, 15) is 19.2 Å². The average molecular weight is 341 g/mol. The van der Waals surface area contributed by atoms with Crippen LogP contribution in [-0.2, 0) is 14.3 Å². The zero-order chi connectivity index (χ0) is 17.4. The number of hydrogen-bond donors (Lipinski definition) is 2. The first kappa shape index (κ1) is 18.6. The molecule has 0 heterocycles. The summed E-state index contributed by atoms with van der Waals surface area (Å²) >= 11 is 5.73. The number of rotatable bonds is 6. The van der Waals surface area contributed by atoms with Crippen LogP contribution in [0.1, 0.15) is 30.1 Å². The number of Topliss-reactive ketones (excluding diaryl/α,β-unsaturated/α-hetero) is 1. The van der Waals surface area contributed by atoms with Crippen molar-refractivity contribution in [1.29, 1.82) is 0 Å². The highest BCUT2D eigenvalue weighted by molar-refractivity contribution is 6.30. The minimum atomic E-state index is -1.13. The number of carbonyl (C=O) groups is 4. The molecule has 23 heavy (non-hydrogen) atoms. The predicted octanol–water partition coefficient (Wildman–Crippen LogP) is 1.69. The lowest BCUT2D eigenvalue weighted by atomic mass is 10.1. The maximum Gasteiger partial charge on any atom is 0.321 e. The van der Waals surface area contributed by atoms with Crippen LogP contribution < -0.4 is 10.6 Å². The zero-order valence-electron chi connectivity index (χ0n) is 12.7. The molecule has 0 fully saturated rings. The fourth-order valence-corrected chi connectivity index (χ4v) is 1.71. The van der Waals surface area contributed by atoms with Gasteiger partial charge in [-0.15, -0.1) is 0 Å². The highest BCUT2D eigenvalue weighted by Crippen LogP contribution is 2.12. The Balaban J connectivity index is 2.41. The summed E-state index contributed by atoms with van der Waals surface area (Å²) in [7, 11) is 1.35. The highest BCUT2D eigenvalue weighted by atomic mass is 35.5. The third-order valence-corrected chi connectivity index (χ3v) is 3.12. The van der Waals surface area contributed by atoms with E-state index in [4.69, 9.17) is 16.3 Å². The molecule has 7 nitrogen and oxygen atoms in total. The normalized spacial score (nSPS) is 11.3. The molecule has 124 valence electrons. The first-order valence-corrected chi connectivity index (χ1v) is 7.22. The molecule has 0 bridgehead atoms. The lowest BCUT2D eigenvalue weighted by Gasteiger charge is -2.12. The molecule has 0 aliphatic heterocycles. The number of ether oxygens (including phenoxy) is 1. The lowest BCUT2D eigenvalue weighted by molar-refractivity contribution is -0.154. The van der Waals surface area contributed by atoms with Crippen LogP contribution in [0.2, 0.25) is 5.02 Å². The molecular formula is C15H17ClN2O5. The molecule has 1 unspecified atom stereocenters. The van der Waals surface area contributed by atoms with Crippen LogP contribution in [0.5, 0.6) is 0 Å². The monoisotopic (exact) mass is 340 g/mol. The van der Waals surface area contributed by atoms with E-state index >= 15 is 0 Å². The molecule has 0 saturated carbocycles. The largest absolute Gasteiger partial charge is 0.453 e. The fourth-order valence-electron chi connectivity index (χ4n) is 1.58. The summed E-state index contributed by atoms with van der Waals surface area (Å²) < 4.78 is 4.86. The summed E-state index contributed by atoms with van der Waals surface area (Å²) in [4.78, 5) is 46.0. The molecule has 0 aliphatic rings. The van der Waals surface area contributed by atoms with Gasteiger partial charge in [-0.1, -0.05) is 11.6 Å². The Hall–Kier alpha value is -2.41. The van der Waals surface area contributed by atoms with Gasteiger partial charge in [-0.3, -0.25) is 19.7 Å². The van der Waals surface area contributed by atoms with Crippen molar-refractivity contribution in [2.24, 2.45) is 0 Å². The van der Waals surface area contributed by atoms with Crippen molar-refractivity contribution in [2.75, 3.05) is 7.05 Å². The van der Waals surface area contributed by atoms with E-state index in [1.165, 1.54) is 14.0 Å². The van der Waals surface area contributed by atoms with Crippen LogP contribution in [0.3, 0.4) is 0 Å². The van der Waals surface area contributed by atoms with Gasteiger partial charge < -0.3 is 10.1 Å². The molecule has 1 aromatic rings. The second kappa shape index (κ2) is 8.89. The number of amides is 3. The number of carbonyl (C=O) groups excluding carboxylic acids is 4. The van der Waals surface area contributed by atoms with Crippen molar-refractivity contribution in [3.8, 4) is 0 Å². The zero-order valence-corrected chi connectivity index (χ0v) is 13.5. The summed E-state index contributed by atoms with van der Waals surface area (Å²) in [5.74, 6) is -1.69. The van der Waals surface area contributed by atoms with Gasteiger partial charge in [-0.25, -0.2) is 4.79 Å². The molecule has 0 saturated heterocycles. The van der Waals surface area contributed by atoms with Crippen LogP contribution >= 0.6 is 11.6 Å². The Morgan fingerprint density at radius 3 is 2.30 bits per heavy atom. The van der Waals surface area contributed by atoms with Gasteiger partial charge in [0.1, 0.15) is 0 Å². The maximum absolute atomic E-state index is 11.9. The van der Waals surface area contributed by atoms with Crippen molar-refractivity contribution < 1.29 is 23.9 Å². The number of benzene rings is 1. The van der Waals surface area contributed by atoms with Crippen molar-refractivity contribution >= 4 is 35.3 Å². The third-order valence-electron chi connectivity index (χ3n) is 2.86. The maximum atomic E-state index is 11.9. The topological polar surface area (TPSA) is 102 Å². The van der Waals surface area contributed by atoms with Crippen LogP contribution in [0, 0.1) is 0 Å². The van der Waals surface area contributed by atoms with Gasteiger partial charge in [-0.05, 0) is 31.2 Å². The molecular weight excluding hydrogens is 324 g/mol. The van der Waals surface area contributed by atoms with E-state index in [-0.39, 0.29) is 18.6 Å². The molecule has 3 amide bonds. The first-order chi connectivity index (χ1) is 10.8. The second-order valence-corrected chi connectivity index (χ2v) is 5.07. The molecule has 1 aromatic carbocycles. The van der Waals surface area contributed by atoms with Crippen molar-refractivity contribution in [2.45, 2.75) is 25.9 Å². The number of ketones is 1. The Kier molecular flexibility index (Phi) is 7.21. The van der Waals surface area contributed by atoms with Gasteiger partial charge in [0.05, 0.1) is 6.42 Å². The summed E-state index contributed by atoms with van der Waals surface area (Å²) in [6, 6.07) is 5.59. The molecule has 2 N–H and O–H groups in total. The van der Waals surface area contributed by atoms with Gasteiger partial charge in [0.25, 0.3) is 5.91 Å². The Bertz CT molecular complexity index is 600. The minimum Gasteiger partial charge on any atom is -0.453 e. The minimum absolute atomic E-state index is 0.0513. The smallest absolute Gasteiger partial charge is 0.321 e. The van der Waals surface area contributed by atoms with Crippen molar-refractivity contribution in [3.63, 3.8) is 0 Å². The fraction of sp³-hybridized carbons (Fsp3) is 0.333. The lowest BCUT2D eigenvalue weighted by Crippen LogP contribution is -2.43. The number of esters is 1. The van der Waals surface area contributed by atoms with Gasteiger partial charge in [0.15, 0.2) is 11.9 Å². The molecule has 0 aromatic heterocycles. The SMILES string of the molecule is CNC(=O)NC(=O)C(C)OC(=O)CCC(=O)c1ccc(Cl)cc1. The van der Waals surface area contributed by atoms with E-state index in [0.29, 0.717) is 10.6 Å². The first-order valence-electron chi connectivity index (χ1n) is 6.84. The number of halogens is 1. The van der Waals surface area contributed by atoms with E-state index in [1.807, 2.05) is 5.32 Å². The molecule has 0 aliphatic carbocycles. The summed E-state index contributed by atoms with van der Waals surface area (Å²) in [6.45, 7) is 1.33. The summed E-state index contributed by atoms with van der Waals surface area (Å²) in [5.41, 5.74) is 0.438. The Morgan fingerprint density at radius 1 is 1.13 bits per heavy atom. The molecule has 0 spiro atoms. The predicted molar refractivity (Wildman–Crippen MR) is 83.2 cm³/mol. The van der Waals surface area contributed by atoms with E-state index in [2.05, 4.69) is 5.32 Å². The summed E-state index contributed by atoms with van der Waals surface area (Å²) in [6.07, 6.45) is -1.35. The van der Waals surface area contributed by atoms with E-state index in [0.717, 1.165) is 0 Å². The molecule has 0 radical (unpaired) electrons. The number of imide groups is 1. The Labute approximate surface area is 138 Å². The third kappa shape index (κ3) is 6.48. The molecule has 1 rings (SSSR count). The molecule has 8 heteroatoms. The van der Waals surface area contributed by atoms with Crippen molar-refractivity contribution in [1.82, 2.24) is 10.6 Å².